The van der Waals surface area contributed by atoms with Gasteiger partial charge in [-0.05, 0) is 11.6 Å². The standard InChI is InChI=1S/C15H18N2/c1-11-12-6-4-5-7-13(12)14(8-9-16-3)17-10-15(11,17)2/h4-9,11H,10H2,1-3H3/p+1. The molecule has 0 radical (unpaired) electrons. The minimum absolute atomic E-state index is 0.335. The summed E-state index contributed by atoms with van der Waals surface area (Å²) in [6.07, 6.45) is 4.21. The number of rotatable bonds is 2. The zero-order valence-electron chi connectivity index (χ0n) is 10.7. The zero-order valence-corrected chi connectivity index (χ0v) is 10.7. The third-order valence-corrected chi connectivity index (χ3v) is 4.33. The van der Waals surface area contributed by atoms with E-state index in [2.05, 4.69) is 54.1 Å². The zero-order chi connectivity index (χ0) is 12.0. The lowest BCUT2D eigenvalue weighted by molar-refractivity contribution is -0.392. The highest BCUT2D eigenvalue weighted by molar-refractivity contribution is 6.07. The largest absolute Gasteiger partial charge is 0.394 e. The summed E-state index contributed by atoms with van der Waals surface area (Å²) in [5.41, 5.74) is 4.57. The summed E-state index contributed by atoms with van der Waals surface area (Å²) >= 11 is 0. The summed E-state index contributed by atoms with van der Waals surface area (Å²) in [7, 11) is 1.94. The van der Waals surface area contributed by atoms with Gasteiger partial charge in [0.2, 0.25) is 17.8 Å². The third-order valence-electron chi connectivity index (χ3n) is 4.33. The van der Waals surface area contributed by atoms with Gasteiger partial charge in [-0.25, -0.2) is 4.58 Å². The van der Waals surface area contributed by atoms with Crippen LogP contribution < -0.4 is 5.32 Å². The molecule has 0 bridgehead atoms. The molecule has 2 nitrogen and oxygen atoms in total. The van der Waals surface area contributed by atoms with Crippen LogP contribution in [0.1, 0.15) is 30.9 Å². The molecule has 0 aromatic heterocycles. The molecule has 2 aliphatic rings. The maximum absolute atomic E-state index is 3.08. The Balaban J connectivity index is 2.17. The fraction of sp³-hybridized carbons (Fsp3) is 0.400. The predicted molar refractivity (Wildman–Crippen MR) is 70.7 cm³/mol. The van der Waals surface area contributed by atoms with Crippen molar-refractivity contribution in [1.82, 2.24) is 5.32 Å². The third kappa shape index (κ3) is 1.36. The molecular formula is C15H19N2+. The molecule has 2 unspecified atom stereocenters. The first-order valence-corrected chi connectivity index (χ1v) is 6.26. The molecule has 0 aliphatic carbocycles. The molecule has 1 fully saturated rings. The van der Waals surface area contributed by atoms with E-state index >= 15 is 0 Å². The van der Waals surface area contributed by atoms with Gasteiger partial charge in [0, 0.05) is 31.8 Å². The maximum Gasteiger partial charge on any atom is 0.224 e. The average molecular weight is 227 g/mol. The van der Waals surface area contributed by atoms with Crippen molar-refractivity contribution in [2.45, 2.75) is 25.3 Å². The maximum atomic E-state index is 3.08. The number of fused-ring (bicyclic) bond motifs is 2. The van der Waals surface area contributed by atoms with Crippen molar-refractivity contribution in [3.63, 3.8) is 0 Å². The minimum atomic E-state index is 0.335. The van der Waals surface area contributed by atoms with Crippen molar-refractivity contribution in [2.24, 2.45) is 0 Å². The van der Waals surface area contributed by atoms with Crippen molar-refractivity contribution < 1.29 is 4.58 Å². The van der Waals surface area contributed by atoms with Gasteiger partial charge < -0.3 is 5.32 Å². The Hall–Kier alpha value is -1.57. The normalized spacial score (nSPS) is 30.2. The van der Waals surface area contributed by atoms with Crippen molar-refractivity contribution in [2.75, 3.05) is 13.6 Å². The molecule has 2 heterocycles. The van der Waals surface area contributed by atoms with Crippen LogP contribution in [0.25, 0.3) is 0 Å². The van der Waals surface area contributed by atoms with E-state index in [0.29, 0.717) is 11.5 Å². The lowest BCUT2D eigenvalue weighted by Crippen LogP contribution is -2.28. The highest BCUT2D eigenvalue weighted by Crippen LogP contribution is 2.46. The Bertz CT molecular complexity index is 527. The first-order chi connectivity index (χ1) is 8.18. The highest BCUT2D eigenvalue weighted by atomic mass is 15.3. The van der Waals surface area contributed by atoms with Gasteiger partial charge in [-0.3, -0.25) is 0 Å². The number of benzene rings is 1. The van der Waals surface area contributed by atoms with Gasteiger partial charge in [-0.1, -0.05) is 25.1 Å². The van der Waals surface area contributed by atoms with E-state index in [0.717, 1.165) is 0 Å². The van der Waals surface area contributed by atoms with Crippen LogP contribution in [0, 0.1) is 0 Å². The molecule has 1 aromatic rings. The summed E-state index contributed by atoms with van der Waals surface area (Å²) < 4.78 is 2.51. The van der Waals surface area contributed by atoms with Crippen LogP contribution in [0.15, 0.2) is 36.5 Å². The Kier molecular flexibility index (Phi) is 2.15. The summed E-state index contributed by atoms with van der Waals surface area (Å²) in [6, 6.07) is 8.79. The van der Waals surface area contributed by atoms with Gasteiger partial charge in [0.05, 0.1) is 5.92 Å². The summed E-state index contributed by atoms with van der Waals surface area (Å²) in [4.78, 5) is 0. The van der Waals surface area contributed by atoms with Gasteiger partial charge in [-0.15, -0.1) is 0 Å². The van der Waals surface area contributed by atoms with Crippen LogP contribution in [0.4, 0.5) is 0 Å². The van der Waals surface area contributed by atoms with Crippen LogP contribution in [-0.2, 0) is 0 Å². The van der Waals surface area contributed by atoms with Crippen LogP contribution >= 0.6 is 0 Å². The molecule has 1 saturated heterocycles. The van der Waals surface area contributed by atoms with Gasteiger partial charge in [0.15, 0.2) is 0 Å². The van der Waals surface area contributed by atoms with Crippen LogP contribution in [0.3, 0.4) is 0 Å². The molecule has 0 spiro atoms. The molecule has 2 heteroatoms. The molecule has 0 saturated carbocycles. The van der Waals surface area contributed by atoms with Crippen LogP contribution in [0.5, 0.6) is 0 Å². The first-order valence-electron chi connectivity index (χ1n) is 6.26. The topological polar surface area (TPSA) is 15.0 Å². The molecule has 88 valence electrons. The molecule has 1 aromatic carbocycles. The second-order valence-electron chi connectivity index (χ2n) is 5.26. The van der Waals surface area contributed by atoms with Crippen molar-refractivity contribution >= 4 is 5.71 Å². The molecule has 17 heavy (non-hydrogen) atoms. The molecule has 2 aliphatic heterocycles. The number of nitrogens with zero attached hydrogens (tertiary/aromatic N) is 1. The number of hydrogen-bond acceptors (Lipinski definition) is 1. The monoisotopic (exact) mass is 227 g/mol. The molecule has 1 N–H and O–H groups in total. The van der Waals surface area contributed by atoms with E-state index in [4.69, 9.17) is 0 Å². The van der Waals surface area contributed by atoms with Gasteiger partial charge in [-0.2, -0.15) is 0 Å². The lowest BCUT2D eigenvalue weighted by atomic mass is 9.82. The minimum Gasteiger partial charge on any atom is -0.394 e. The fourth-order valence-electron chi connectivity index (χ4n) is 2.95. The molecule has 3 rings (SSSR count). The van der Waals surface area contributed by atoms with E-state index in [-0.39, 0.29) is 0 Å². The highest BCUT2D eigenvalue weighted by Gasteiger charge is 2.63. The Labute approximate surface area is 103 Å². The summed E-state index contributed by atoms with van der Waals surface area (Å²) in [5, 5.41) is 3.08. The number of nitrogens with one attached hydrogen (secondary N) is 1. The van der Waals surface area contributed by atoms with Gasteiger partial charge >= 0.3 is 0 Å². The first kappa shape index (κ1) is 10.6. The SMILES string of the molecule is CN/C=C\C1=[N+]2CC2(C)C(C)c2ccccc21. The summed E-state index contributed by atoms with van der Waals surface area (Å²) in [5.74, 6) is 0.616. The van der Waals surface area contributed by atoms with E-state index in [1.165, 1.54) is 23.4 Å². The quantitative estimate of drug-likeness (QED) is 0.604. The van der Waals surface area contributed by atoms with Crippen molar-refractivity contribution in [1.29, 1.82) is 0 Å². The smallest absolute Gasteiger partial charge is 0.224 e. The van der Waals surface area contributed by atoms with Crippen LogP contribution in [-0.4, -0.2) is 29.4 Å². The Morgan fingerprint density at radius 2 is 2.18 bits per heavy atom. The van der Waals surface area contributed by atoms with Gasteiger partial charge in [0.1, 0.15) is 0 Å². The van der Waals surface area contributed by atoms with Crippen LogP contribution in [0.2, 0.25) is 0 Å². The number of allylic oxidation sites excluding steroid dienone is 1. The van der Waals surface area contributed by atoms with E-state index in [1.54, 1.807) is 0 Å². The molecular weight excluding hydrogens is 208 g/mol. The second kappa shape index (κ2) is 3.46. The lowest BCUT2D eigenvalue weighted by Gasteiger charge is -2.20. The Morgan fingerprint density at radius 1 is 1.41 bits per heavy atom. The van der Waals surface area contributed by atoms with E-state index in [9.17, 15) is 0 Å². The summed E-state index contributed by atoms with van der Waals surface area (Å²) in [6.45, 7) is 5.88. The van der Waals surface area contributed by atoms with Gasteiger partial charge in [0.25, 0.3) is 0 Å². The fourth-order valence-corrected chi connectivity index (χ4v) is 2.95. The predicted octanol–water partition coefficient (Wildman–Crippen LogP) is 2.11. The second-order valence-corrected chi connectivity index (χ2v) is 5.26. The van der Waals surface area contributed by atoms with E-state index < -0.39 is 0 Å². The van der Waals surface area contributed by atoms with Crippen molar-refractivity contribution in [3.8, 4) is 0 Å². The van der Waals surface area contributed by atoms with Crippen molar-refractivity contribution in [3.05, 3.63) is 47.7 Å². The Morgan fingerprint density at radius 3 is 2.94 bits per heavy atom. The molecule has 2 atom stereocenters. The number of hydrogen-bond donors (Lipinski definition) is 1. The molecule has 0 amide bonds. The average Bonchev–Trinajstić information content (AvgIpc) is 3.03. The van der Waals surface area contributed by atoms with E-state index in [1.807, 2.05) is 13.2 Å².